The van der Waals surface area contributed by atoms with Crippen LogP contribution in [0.15, 0.2) is 41.3 Å². The monoisotopic (exact) mass is 335 g/mol. The lowest BCUT2D eigenvalue weighted by atomic mass is 10.2. The molecule has 0 saturated heterocycles. The number of rotatable bonds is 4. The molecule has 114 valence electrons. The lowest BCUT2D eigenvalue weighted by Gasteiger charge is -2.11. The van der Waals surface area contributed by atoms with Gasteiger partial charge in [0.25, 0.3) is 10.0 Å². The van der Waals surface area contributed by atoms with Gasteiger partial charge in [0, 0.05) is 0 Å². The van der Waals surface area contributed by atoms with E-state index in [9.17, 15) is 8.42 Å². The highest BCUT2D eigenvalue weighted by Gasteiger charge is 2.20. The first-order chi connectivity index (χ1) is 10.5. The number of benzene rings is 2. The molecular weight excluding hydrogens is 322 g/mol. The van der Waals surface area contributed by atoms with Crippen LogP contribution in [-0.4, -0.2) is 24.3 Å². The smallest absolute Gasteiger partial charge is 0.264 e. The second kappa shape index (κ2) is 5.54. The van der Waals surface area contributed by atoms with Gasteiger partial charge in [0.15, 0.2) is 0 Å². The Hall–Kier alpha value is -2.19. The SMILES string of the molecule is COc1ccc(NS(=O)(=O)c2cccc3nsnc23)c(C)c1. The van der Waals surface area contributed by atoms with Crippen molar-refractivity contribution in [3.63, 3.8) is 0 Å². The van der Waals surface area contributed by atoms with Crippen LogP contribution in [-0.2, 0) is 10.0 Å². The topological polar surface area (TPSA) is 81.2 Å². The molecule has 0 fully saturated rings. The fraction of sp³-hybridized carbons (Fsp3) is 0.143. The van der Waals surface area contributed by atoms with E-state index in [2.05, 4.69) is 13.5 Å². The first kappa shape index (κ1) is 14.7. The molecule has 1 heterocycles. The van der Waals surface area contributed by atoms with Crippen LogP contribution in [0, 0.1) is 6.92 Å². The van der Waals surface area contributed by atoms with Gasteiger partial charge in [0.1, 0.15) is 21.7 Å². The van der Waals surface area contributed by atoms with Crippen LogP contribution in [0.1, 0.15) is 5.56 Å². The third-order valence-corrected chi connectivity index (χ3v) is 5.16. The maximum absolute atomic E-state index is 12.6. The van der Waals surface area contributed by atoms with Crippen molar-refractivity contribution in [2.45, 2.75) is 11.8 Å². The van der Waals surface area contributed by atoms with Gasteiger partial charge in [-0.1, -0.05) is 6.07 Å². The molecule has 0 radical (unpaired) electrons. The summed E-state index contributed by atoms with van der Waals surface area (Å²) >= 11 is 0.989. The van der Waals surface area contributed by atoms with Crippen molar-refractivity contribution < 1.29 is 13.2 Å². The Labute approximate surface area is 132 Å². The summed E-state index contributed by atoms with van der Waals surface area (Å²) in [5, 5.41) is 0. The maximum Gasteiger partial charge on any atom is 0.264 e. The predicted molar refractivity (Wildman–Crippen MR) is 86.0 cm³/mol. The Morgan fingerprint density at radius 1 is 1.18 bits per heavy atom. The normalized spacial score (nSPS) is 11.5. The molecule has 0 atom stereocenters. The maximum atomic E-state index is 12.6. The average molecular weight is 335 g/mol. The molecule has 0 aliphatic carbocycles. The summed E-state index contributed by atoms with van der Waals surface area (Å²) < 4.78 is 41.1. The zero-order valence-electron chi connectivity index (χ0n) is 11.9. The minimum atomic E-state index is -3.74. The van der Waals surface area contributed by atoms with Gasteiger partial charge in [-0.3, -0.25) is 4.72 Å². The molecular formula is C14H13N3O3S2. The van der Waals surface area contributed by atoms with Crippen LogP contribution in [0.2, 0.25) is 0 Å². The molecule has 3 rings (SSSR count). The molecule has 1 aromatic heterocycles. The van der Waals surface area contributed by atoms with Gasteiger partial charge < -0.3 is 4.74 Å². The molecule has 0 aliphatic heterocycles. The van der Waals surface area contributed by atoms with E-state index < -0.39 is 10.0 Å². The van der Waals surface area contributed by atoms with Crippen LogP contribution < -0.4 is 9.46 Å². The van der Waals surface area contributed by atoms with E-state index >= 15 is 0 Å². The van der Waals surface area contributed by atoms with Crippen LogP contribution in [0.5, 0.6) is 5.75 Å². The lowest BCUT2D eigenvalue weighted by Crippen LogP contribution is -2.14. The largest absolute Gasteiger partial charge is 0.497 e. The number of nitrogens with zero attached hydrogens (tertiary/aromatic N) is 2. The Kier molecular flexibility index (Phi) is 3.71. The van der Waals surface area contributed by atoms with Crippen molar-refractivity contribution in [3.05, 3.63) is 42.0 Å². The number of hydrogen-bond acceptors (Lipinski definition) is 6. The third-order valence-electron chi connectivity index (χ3n) is 3.22. The van der Waals surface area contributed by atoms with Gasteiger partial charge in [-0.15, -0.1) is 0 Å². The number of hydrogen-bond donors (Lipinski definition) is 1. The Bertz CT molecular complexity index is 935. The predicted octanol–water partition coefficient (Wildman–Crippen LogP) is 2.81. The van der Waals surface area contributed by atoms with Gasteiger partial charge in [-0.05, 0) is 42.8 Å². The summed E-state index contributed by atoms with van der Waals surface area (Å²) in [7, 11) is -2.17. The fourth-order valence-electron chi connectivity index (χ4n) is 2.08. The molecule has 6 nitrogen and oxygen atoms in total. The van der Waals surface area contributed by atoms with Crippen LogP contribution in [0.25, 0.3) is 11.0 Å². The van der Waals surface area contributed by atoms with Crippen molar-refractivity contribution in [1.82, 2.24) is 8.75 Å². The Morgan fingerprint density at radius 3 is 2.73 bits per heavy atom. The van der Waals surface area contributed by atoms with E-state index in [1.807, 2.05) is 6.92 Å². The van der Waals surface area contributed by atoms with Crippen LogP contribution in [0.4, 0.5) is 5.69 Å². The third kappa shape index (κ3) is 2.62. The van der Waals surface area contributed by atoms with Crippen LogP contribution in [0.3, 0.4) is 0 Å². The van der Waals surface area contributed by atoms with E-state index in [0.717, 1.165) is 17.3 Å². The zero-order chi connectivity index (χ0) is 15.7. The molecule has 2 aromatic carbocycles. The highest BCUT2D eigenvalue weighted by atomic mass is 32.2. The minimum Gasteiger partial charge on any atom is -0.497 e. The number of methoxy groups -OCH3 is 1. The van der Waals surface area contributed by atoms with Gasteiger partial charge in [-0.25, -0.2) is 8.42 Å². The second-order valence-electron chi connectivity index (χ2n) is 4.67. The summed E-state index contributed by atoms with van der Waals surface area (Å²) in [4.78, 5) is 0.119. The van der Waals surface area contributed by atoms with Gasteiger partial charge in [-0.2, -0.15) is 8.75 Å². The molecule has 0 bridgehead atoms. The quantitative estimate of drug-likeness (QED) is 0.793. The van der Waals surface area contributed by atoms with Crippen molar-refractivity contribution >= 4 is 38.5 Å². The Balaban J connectivity index is 2.02. The highest BCUT2D eigenvalue weighted by molar-refractivity contribution is 7.93. The summed E-state index contributed by atoms with van der Waals surface area (Å²) in [5.41, 5.74) is 2.22. The van der Waals surface area contributed by atoms with Gasteiger partial charge >= 0.3 is 0 Å². The van der Waals surface area contributed by atoms with E-state index in [-0.39, 0.29) is 4.90 Å². The van der Waals surface area contributed by atoms with E-state index in [4.69, 9.17) is 4.74 Å². The minimum absolute atomic E-state index is 0.119. The Morgan fingerprint density at radius 2 is 2.00 bits per heavy atom. The molecule has 0 amide bonds. The average Bonchev–Trinajstić information content (AvgIpc) is 2.97. The summed E-state index contributed by atoms with van der Waals surface area (Å²) in [5.74, 6) is 0.672. The number of aromatic nitrogens is 2. The van der Waals surface area contributed by atoms with Crippen molar-refractivity contribution in [1.29, 1.82) is 0 Å². The van der Waals surface area contributed by atoms with Crippen molar-refractivity contribution in [2.24, 2.45) is 0 Å². The molecule has 22 heavy (non-hydrogen) atoms. The second-order valence-corrected chi connectivity index (χ2v) is 6.85. The molecule has 0 spiro atoms. The summed E-state index contributed by atoms with van der Waals surface area (Å²) in [6.45, 7) is 1.81. The van der Waals surface area contributed by atoms with Gasteiger partial charge in [0.05, 0.1) is 24.5 Å². The zero-order valence-corrected chi connectivity index (χ0v) is 13.5. The van der Waals surface area contributed by atoms with E-state index in [0.29, 0.717) is 22.5 Å². The molecule has 0 aliphatic rings. The van der Waals surface area contributed by atoms with E-state index in [1.165, 1.54) is 6.07 Å². The molecule has 0 saturated carbocycles. The first-order valence-electron chi connectivity index (χ1n) is 6.40. The summed E-state index contributed by atoms with van der Waals surface area (Å²) in [6, 6.07) is 10.0. The number of fused-ring (bicyclic) bond motifs is 1. The van der Waals surface area contributed by atoms with Crippen molar-refractivity contribution in [3.8, 4) is 5.75 Å². The molecule has 1 N–H and O–H groups in total. The number of sulfonamides is 1. The highest BCUT2D eigenvalue weighted by Crippen LogP contribution is 2.26. The molecule has 3 aromatic rings. The van der Waals surface area contributed by atoms with Crippen LogP contribution >= 0.6 is 11.7 Å². The standard InChI is InChI=1S/C14H13N3O3S2/c1-9-8-10(20-2)6-7-11(9)17-22(18,19)13-5-3-4-12-14(13)16-21-15-12/h3-8,17H,1-2H3. The number of nitrogens with one attached hydrogen (secondary N) is 1. The molecule has 0 unspecified atom stereocenters. The fourth-order valence-corrected chi connectivity index (χ4v) is 3.97. The van der Waals surface area contributed by atoms with Crippen molar-refractivity contribution in [2.75, 3.05) is 11.8 Å². The number of aryl methyl sites for hydroxylation is 1. The summed E-state index contributed by atoms with van der Waals surface area (Å²) in [6.07, 6.45) is 0. The number of anilines is 1. The number of ether oxygens (including phenoxy) is 1. The van der Waals surface area contributed by atoms with E-state index in [1.54, 1.807) is 37.4 Å². The lowest BCUT2D eigenvalue weighted by molar-refractivity contribution is 0.414. The molecule has 8 heteroatoms. The first-order valence-corrected chi connectivity index (χ1v) is 8.61. The van der Waals surface area contributed by atoms with Gasteiger partial charge in [0.2, 0.25) is 0 Å².